The van der Waals surface area contributed by atoms with Gasteiger partial charge in [-0.15, -0.1) is 0 Å². The first kappa shape index (κ1) is 20.3. The normalized spacial score (nSPS) is 13.8. The minimum Gasteiger partial charge on any atom is -0.331 e. The van der Waals surface area contributed by atoms with Gasteiger partial charge in [0.1, 0.15) is 12.1 Å². The molecule has 1 aromatic heterocycles. The third-order valence-electron chi connectivity index (χ3n) is 5.46. The summed E-state index contributed by atoms with van der Waals surface area (Å²) in [4.78, 5) is 20.1. The molecule has 0 saturated heterocycles. The van der Waals surface area contributed by atoms with Crippen LogP contribution < -0.4 is 10.9 Å². The number of hydrogen-bond donors (Lipinski definition) is 2. The standard InChI is InChI=1S/C24H31N3O/c1-5-6-9-18-12-14-19(15-13-18)22(16(2)3)25-17(4)23-26-21-11-8-7-10-20(21)24(28)27-23/h7-8,10-17,22,25H,5-6,9H2,1-4H3,(H,26,27,28)/p+1/t17-,22+/m0/s1. The Hall–Kier alpha value is -2.46. The molecule has 2 aromatic carbocycles. The fraction of sp³-hybridized carbons (Fsp3) is 0.417. The van der Waals surface area contributed by atoms with Gasteiger partial charge in [-0.3, -0.25) is 4.79 Å². The molecular formula is C24H32N3O+. The van der Waals surface area contributed by atoms with E-state index in [0.717, 1.165) is 17.8 Å². The zero-order valence-corrected chi connectivity index (χ0v) is 17.4. The highest BCUT2D eigenvalue weighted by Gasteiger charge is 2.24. The van der Waals surface area contributed by atoms with Crippen molar-refractivity contribution >= 4 is 10.9 Å². The Morgan fingerprint density at radius 3 is 2.43 bits per heavy atom. The number of aromatic nitrogens is 2. The molecule has 4 nitrogen and oxygen atoms in total. The molecule has 0 unspecified atom stereocenters. The molecule has 3 rings (SSSR count). The maximum absolute atomic E-state index is 12.4. The van der Waals surface area contributed by atoms with Gasteiger partial charge < -0.3 is 10.3 Å². The summed E-state index contributed by atoms with van der Waals surface area (Å²) in [7, 11) is 0. The van der Waals surface area contributed by atoms with Gasteiger partial charge in [0.2, 0.25) is 0 Å². The lowest BCUT2D eigenvalue weighted by Gasteiger charge is -2.23. The van der Waals surface area contributed by atoms with Crippen molar-refractivity contribution in [3.05, 3.63) is 75.8 Å². The minimum atomic E-state index is -0.0674. The Morgan fingerprint density at radius 2 is 1.75 bits per heavy atom. The predicted octanol–water partition coefficient (Wildman–Crippen LogP) is 4.29. The van der Waals surface area contributed by atoms with E-state index in [-0.39, 0.29) is 11.6 Å². The van der Waals surface area contributed by atoms with Crippen molar-refractivity contribution in [2.24, 2.45) is 5.92 Å². The van der Waals surface area contributed by atoms with Crippen LogP contribution in [0.3, 0.4) is 0 Å². The van der Waals surface area contributed by atoms with E-state index in [1.54, 1.807) is 0 Å². The van der Waals surface area contributed by atoms with Gasteiger partial charge >= 0.3 is 0 Å². The van der Waals surface area contributed by atoms with E-state index in [2.05, 4.69) is 62.3 Å². The first-order valence-corrected chi connectivity index (χ1v) is 10.4. The summed E-state index contributed by atoms with van der Waals surface area (Å²) in [6.07, 6.45) is 3.60. The highest BCUT2D eigenvalue weighted by atomic mass is 16.1. The van der Waals surface area contributed by atoms with Crippen molar-refractivity contribution < 1.29 is 5.32 Å². The molecular weight excluding hydrogens is 346 g/mol. The summed E-state index contributed by atoms with van der Waals surface area (Å²) in [6, 6.07) is 16.9. The summed E-state index contributed by atoms with van der Waals surface area (Å²) in [5.41, 5.74) is 3.41. The van der Waals surface area contributed by atoms with Crippen molar-refractivity contribution in [2.45, 2.75) is 59.0 Å². The molecule has 3 N–H and O–H groups in total. The van der Waals surface area contributed by atoms with Gasteiger partial charge in [-0.2, -0.15) is 0 Å². The zero-order chi connectivity index (χ0) is 20.1. The molecule has 0 aliphatic heterocycles. The number of benzene rings is 2. The molecule has 148 valence electrons. The van der Waals surface area contributed by atoms with Gasteiger partial charge in [-0.25, -0.2) is 4.98 Å². The summed E-state index contributed by atoms with van der Waals surface area (Å²) in [5, 5.41) is 2.96. The number of hydrogen-bond acceptors (Lipinski definition) is 2. The van der Waals surface area contributed by atoms with E-state index in [1.165, 1.54) is 24.0 Å². The highest BCUT2D eigenvalue weighted by molar-refractivity contribution is 5.77. The van der Waals surface area contributed by atoms with Crippen LogP contribution in [0, 0.1) is 5.92 Å². The van der Waals surface area contributed by atoms with Crippen LogP contribution in [0.4, 0.5) is 0 Å². The van der Waals surface area contributed by atoms with Gasteiger partial charge in [0.15, 0.2) is 5.82 Å². The molecule has 1 heterocycles. The highest BCUT2D eigenvalue weighted by Crippen LogP contribution is 2.20. The topological polar surface area (TPSA) is 62.4 Å². The third kappa shape index (κ3) is 4.68. The molecule has 28 heavy (non-hydrogen) atoms. The van der Waals surface area contributed by atoms with E-state index in [4.69, 9.17) is 4.98 Å². The van der Waals surface area contributed by atoms with Gasteiger partial charge in [0.05, 0.1) is 10.9 Å². The van der Waals surface area contributed by atoms with E-state index < -0.39 is 0 Å². The second-order valence-corrected chi connectivity index (χ2v) is 8.06. The van der Waals surface area contributed by atoms with Crippen LogP contribution in [0.5, 0.6) is 0 Å². The Labute approximate surface area is 167 Å². The lowest BCUT2D eigenvalue weighted by molar-refractivity contribution is -0.738. The van der Waals surface area contributed by atoms with Crippen LogP contribution in [0.25, 0.3) is 10.9 Å². The first-order valence-electron chi connectivity index (χ1n) is 10.4. The maximum atomic E-state index is 12.4. The van der Waals surface area contributed by atoms with Gasteiger partial charge in [0.25, 0.3) is 5.56 Å². The molecule has 0 spiro atoms. The number of fused-ring (bicyclic) bond motifs is 1. The predicted molar refractivity (Wildman–Crippen MR) is 115 cm³/mol. The van der Waals surface area contributed by atoms with E-state index in [9.17, 15) is 4.79 Å². The first-order chi connectivity index (χ1) is 13.5. The molecule has 0 bridgehead atoms. The second kappa shape index (κ2) is 9.16. The molecule has 0 fully saturated rings. The monoisotopic (exact) mass is 378 g/mol. The Bertz CT molecular complexity index is 959. The van der Waals surface area contributed by atoms with E-state index >= 15 is 0 Å². The number of para-hydroxylation sites is 1. The molecule has 2 atom stereocenters. The molecule has 0 radical (unpaired) electrons. The number of quaternary nitrogens is 1. The van der Waals surface area contributed by atoms with Crippen LogP contribution in [0.1, 0.15) is 69.6 Å². The average Bonchev–Trinajstić information content (AvgIpc) is 2.70. The van der Waals surface area contributed by atoms with Gasteiger partial charge in [-0.1, -0.05) is 63.6 Å². The fourth-order valence-electron chi connectivity index (χ4n) is 3.73. The lowest BCUT2D eigenvalue weighted by Crippen LogP contribution is -2.87. The number of H-pyrrole nitrogens is 1. The smallest absolute Gasteiger partial charge is 0.258 e. The number of nitrogens with two attached hydrogens (primary N) is 1. The molecule has 0 aliphatic rings. The minimum absolute atomic E-state index is 0.0597. The second-order valence-electron chi connectivity index (χ2n) is 8.06. The Balaban J connectivity index is 1.81. The molecule has 0 aliphatic carbocycles. The molecule has 0 saturated carbocycles. The van der Waals surface area contributed by atoms with Crippen LogP contribution in [-0.4, -0.2) is 9.97 Å². The van der Waals surface area contributed by atoms with Crippen LogP contribution in [0.2, 0.25) is 0 Å². The van der Waals surface area contributed by atoms with Crippen molar-refractivity contribution in [3.8, 4) is 0 Å². The van der Waals surface area contributed by atoms with Crippen molar-refractivity contribution in [2.75, 3.05) is 0 Å². The number of aromatic amines is 1. The molecule has 3 aromatic rings. The zero-order valence-electron chi connectivity index (χ0n) is 17.4. The quantitative estimate of drug-likeness (QED) is 0.614. The Kier molecular flexibility index (Phi) is 6.63. The fourth-order valence-corrected chi connectivity index (χ4v) is 3.73. The largest absolute Gasteiger partial charge is 0.331 e. The molecule has 0 amide bonds. The average molecular weight is 379 g/mol. The maximum Gasteiger partial charge on any atom is 0.258 e. The summed E-state index contributed by atoms with van der Waals surface area (Å²) >= 11 is 0. The van der Waals surface area contributed by atoms with Gasteiger partial charge in [0, 0.05) is 11.5 Å². The van der Waals surface area contributed by atoms with Crippen molar-refractivity contribution in [1.29, 1.82) is 0 Å². The number of nitrogens with one attached hydrogen (secondary N) is 1. The third-order valence-corrected chi connectivity index (χ3v) is 5.46. The number of aryl methyl sites for hydroxylation is 1. The van der Waals surface area contributed by atoms with E-state index in [0.29, 0.717) is 17.3 Å². The van der Waals surface area contributed by atoms with Gasteiger partial charge in [-0.05, 0) is 37.5 Å². The summed E-state index contributed by atoms with van der Waals surface area (Å²) in [6.45, 7) is 8.83. The number of rotatable bonds is 8. The number of unbranched alkanes of at least 4 members (excludes halogenated alkanes) is 1. The summed E-state index contributed by atoms with van der Waals surface area (Å²) in [5.74, 6) is 1.20. The Morgan fingerprint density at radius 1 is 1.04 bits per heavy atom. The van der Waals surface area contributed by atoms with Crippen LogP contribution in [-0.2, 0) is 6.42 Å². The van der Waals surface area contributed by atoms with Crippen molar-refractivity contribution in [3.63, 3.8) is 0 Å². The number of nitrogens with zero attached hydrogens (tertiary/aromatic N) is 1. The van der Waals surface area contributed by atoms with Crippen LogP contribution >= 0.6 is 0 Å². The van der Waals surface area contributed by atoms with E-state index in [1.807, 2.05) is 24.3 Å². The van der Waals surface area contributed by atoms with Crippen LogP contribution in [0.15, 0.2) is 53.3 Å². The summed E-state index contributed by atoms with van der Waals surface area (Å²) < 4.78 is 0. The lowest BCUT2D eigenvalue weighted by atomic mass is 9.93. The molecule has 4 heteroatoms. The SMILES string of the molecule is CCCCc1ccc([C@H]([NH2+][C@@H](C)c2nc3ccccc3c(=O)[nH]2)C(C)C)cc1. The van der Waals surface area contributed by atoms with Crippen molar-refractivity contribution in [1.82, 2.24) is 9.97 Å².